The van der Waals surface area contributed by atoms with Crippen LogP contribution in [0.5, 0.6) is 0 Å². The highest BCUT2D eigenvalue weighted by Gasteiger charge is 2.32. The van der Waals surface area contributed by atoms with E-state index in [9.17, 15) is 22.8 Å². The molecule has 8 heteroatoms. The zero-order valence-corrected chi connectivity index (χ0v) is 10.2. The first-order valence-corrected chi connectivity index (χ1v) is 5.41. The Labute approximate surface area is 112 Å². The molecule has 0 atom stereocenters. The van der Waals surface area contributed by atoms with Gasteiger partial charge in [-0.2, -0.15) is 13.2 Å². The molecule has 0 aliphatic carbocycles. The standard InChI is InChI=1S/C12H11F3N2O3/c1-2-5-17(7-12(13,14)15)10(18)8-3-4-9(11(19)20)16-6-8/h2-4,6H,1,5,7H2,(H,19,20). The number of carboxylic acids is 1. The van der Waals surface area contributed by atoms with Crippen LogP contribution in [0.3, 0.4) is 0 Å². The van der Waals surface area contributed by atoms with Crippen LogP contribution in [0.25, 0.3) is 0 Å². The number of aromatic nitrogens is 1. The van der Waals surface area contributed by atoms with Crippen molar-refractivity contribution in [1.29, 1.82) is 0 Å². The number of aromatic carboxylic acids is 1. The van der Waals surface area contributed by atoms with Gasteiger partial charge in [0.25, 0.3) is 5.91 Å². The van der Waals surface area contributed by atoms with Crippen LogP contribution in [0.4, 0.5) is 13.2 Å². The largest absolute Gasteiger partial charge is 0.477 e. The van der Waals surface area contributed by atoms with E-state index in [2.05, 4.69) is 11.6 Å². The van der Waals surface area contributed by atoms with E-state index < -0.39 is 24.6 Å². The van der Waals surface area contributed by atoms with E-state index in [-0.39, 0.29) is 17.8 Å². The van der Waals surface area contributed by atoms with Crippen LogP contribution >= 0.6 is 0 Å². The lowest BCUT2D eigenvalue weighted by Crippen LogP contribution is -2.39. The SMILES string of the molecule is C=CCN(CC(F)(F)F)C(=O)c1ccc(C(=O)O)nc1. The lowest BCUT2D eigenvalue weighted by molar-refractivity contribution is -0.139. The van der Waals surface area contributed by atoms with Crippen molar-refractivity contribution in [2.75, 3.05) is 13.1 Å². The second kappa shape index (κ2) is 6.18. The molecule has 0 saturated carbocycles. The summed E-state index contributed by atoms with van der Waals surface area (Å²) in [6, 6.07) is 2.17. The van der Waals surface area contributed by atoms with Crippen molar-refractivity contribution >= 4 is 11.9 Å². The number of hydrogen-bond acceptors (Lipinski definition) is 3. The molecule has 108 valence electrons. The number of amides is 1. The molecule has 1 amide bonds. The van der Waals surface area contributed by atoms with Crippen molar-refractivity contribution < 1.29 is 27.9 Å². The van der Waals surface area contributed by atoms with E-state index >= 15 is 0 Å². The fourth-order valence-electron chi connectivity index (χ4n) is 1.42. The summed E-state index contributed by atoms with van der Waals surface area (Å²) >= 11 is 0. The van der Waals surface area contributed by atoms with E-state index in [1.165, 1.54) is 6.08 Å². The Morgan fingerprint density at radius 3 is 2.45 bits per heavy atom. The van der Waals surface area contributed by atoms with Gasteiger partial charge in [0.2, 0.25) is 0 Å². The number of carbonyl (C=O) groups excluding carboxylic acids is 1. The minimum absolute atomic E-state index is 0.124. The molecule has 0 unspecified atom stereocenters. The van der Waals surface area contributed by atoms with Crippen molar-refractivity contribution in [3.05, 3.63) is 42.2 Å². The third-order valence-electron chi connectivity index (χ3n) is 2.24. The Bertz CT molecular complexity index is 512. The molecule has 0 aliphatic rings. The summed E-state index contributed by atoms with van der Waals surface area (Å²) in [4.78, 5) is 26.5. The summed E-state index contributed by atoms with van der Waals surface area (Å²) in [5, 5.41) is 8.64. The Morgan fingerprint density at radius 2 is 2.05 bits per heavy atom. The molecule has 5 nitrogen and oxygen atoms in total. The van der Waals surface area contributed by atoms with Crippen molar-refractivity contribution in [1.82, 2.24) is 9.88 Å². The van der Waals surface area contributed by atoms with Crippen molar-refractivity contribution in [2.24, 2.45) is 0 Å². The van der Waals surface area contributed by atoms with E-state index in [0.717, 1.165) is 18.3 Å². The van der Waals surface area contributed by atoms with Crippen LogP contribution in [-0.4, -0.2) is 46.1 Å². The second-order valence-corrected chi connectivity index (χ2v) is 3.83. The molecule has 1 N–H and O–H groups in total. The molecule has 0 radical (unpaired) electrons. The second-order valence-electron chi connectivity index (χ2n) is 3.83. The van der Waals surface area contributed by atoms with Gasteiger partial charge in [-0.1, -0.05) is 6.08 Å². The van der Waals surface area contributed by atoms with E-state index in [1.54, 1.807) is 0 Å². The van der Waals surface area contributed by atoms with Gasteiger partial charge in [-0.25, -0.2) is 9.78 Å². The van der Waals surface area contributed by atoms with Gasteiger partial charge in [0.15, 0.2) is 0 Å². The van der Waals surface area contributed by atoms with Crippen molar-refractivity contribution in [2.45, 2.75) is 6.18 Å². The van der Waals surface area contributed by atoms with Crippen LogP contribution in [0, 0.1) is 0 Å². The fourth-order valence-corrected chi connectivity index (χ4v) is 1.42. The first-order chi connectivity index (χ1) is 9.24. The quantitative estimate of drug-likeness (QED) is 0.841. The van der Waals surface area contributed by atoms with Gasteiger partial charge >= 0.3 is 12.1 Å². The molecule has 1 aromatic heterocycles. The van der Waals surface area contributed by atoms with Gasteiger partial charge in [0, 0.05) is 12.7 Å². The molecule has 0 saturated heterocycles. The van der Waals surface area contributed by atoms with Gasteiger partial charge in [0.1, 0.15) is 12.2 Å². The van der Waals surface area contributed by atoms with Crippen molar-refractivity contribution in [3.8, 4) is 0 Å². The summed E-state index contributed by atoms with van der Waals surface area (Å²) in [7, 11) is 0. The molecule has 20 heavy (non-hydrogen) atoms. The number of rotatable bonds is 5. The predicted molar refractivity (Wildman–Crippen MR) is 63.4 cm³/mol. The summed E-state index contributed by atoms with van der Waals surface area (Å²) in [5.41, 5.74) is -0.422. The van der Waals surface area contributed by atoms with Crippen LogP contribution in [0.1, 0.15) is 20.8 Å². The summed E-state index contributed by atoms with van der Waals surface area (Å²) in [5.74, 6) is -2.19. The number of alkyl halides is 3. The first-order valence-electron chi connectivity index (χ1n) is 5.41. The average Bonchev–Trinajstić information content (AvgIpc) is 2.36. The maximum atomic E-state index is 12.4. The smallest absolute Gasteiger partial charge is 0.406 e. The minimum atomic E-state index is -4.53. The Hall–Kier alpha value is -2.38. The lowest BCUT2D eigenvalue weighted by atomic mass is 10.2. The van der Waals surface area contributed by atoms with E-state index in [4.69, 9.17) is 5.11 Å². The van der Waals surface area contributed by atoms with Crippen LogP contribution < -0.4 is 0 Å². The number of hydrogen-bond donors (Lipinski definition) is 1. The highest BCUT2D eigenvalue weighted by atomic mass is 19.4. The molecule has 0 aliphatic heterocycles. The molecular formula is C12H11F3N2O3. The molecular weight excluding hydrogens is 277 g/mol. The molecule has 0 bridgehead atoms. The van der Waals surface area contributed by atoms with E-state index in [1.807, 2.05) is 0 Å². The maximum absolute atomic E-state index is 12.4. The zero-order chi connectivity index (χ0) is 15.3. The normalized spacial score (nSPS) is 10.9. The summed E-state index contributed by atoms with van der Waals surface area (Å²) in [6.45, 7) is 1.59. The summed E-state index contributed by atoms with van der Waals surface area (Å²) < 4.78 is 37.1. The minimum Gasteiger partial charge on any atom is -0.477 e. The van der Waals surface area contributed by atoms with E-state index in [0.29, 0.717) is 4.90 Å². The predicted octanol–water partition coefficient (Wildman–Crippen LogP) is 1.97. The summed E-state index contributed by atoms with van der Waals surface area (Å²) in [6.07, 6.45) is -2.44. The highest BCUT2D eigenvalue weighted by Crippen LogP contribution is 2.18. The number of nitrogens with zero attached hydrogens (tertiary/aromatic N) is 2. The van der Waals surface area contributed by atoms with Crippen molar-refractivity contribution in [3.63, 3.8) is 0 Å². The maximum Gasteiger partial charge on any atom is 0.406 e. The van der Waals surface area contributed by atoms with Crippen LogP contribution in [-0.2, 0) is 0 Å². The van der Waals surface area contributed by atoms with Gasteiger partial charge in [0.05, 0.1) is 5.56 Å². The van der Waals surface area contributed by atoms with Gasteiger partial charge in [-0.05, 0) is 12.1 Å². The fraction of sp³-hybridized carbons (Fsp3) is 0.250. The van der Waals surface area contributed by atoms with Gasteiger partial charge in [-0.3, -0.25) is 4.79 Å². The zero-order valence-electron chi connectivity index (χ0n) is 10.2. The molecule has 1 aromatic rings. The Kier molecular flexibility index (Phi) is 4.84. The topological polar surface area (TPSA) is 70.5 Å². The molecule has 0 spiro atoms. The van der Waals surface area contributed by atoms with Gasteiger partial charge in [-0.15, -0.1) is 6.58 Å². The first kappa shape index (κ1) is 15.7. The molecule has 0 fully saturated rings. The van der Waals surface area contributed by atoms with Gasteiger partial charge < -0.3 is 10.0 Å². The van der Waals surface area contributed by atoms with Crippen LogP contribution in [0.15, 0.2) is 31.0 Å². The number of carboxylic acid groups (broad SMARTS) is 1. The molecule has 1 heterocycles. The number of carbonyl (C=O) groups is 2. The Morgan fingerprint density at radius 1 is 1.40 bits per heavy atom. The average molecular weight is 288 g/mol. The highest BCUT2D eigenvalue weighted by molar-refractivity contribution is 5.95. The van der Waals surface area contributed by atoms with Crippen LogP contribution in [0.2, 0.25) is 0 Å². The molecule has 1 rings (SSSR count). The number of halogens is 3. The molecule has 0 aromatic carbocycles. The monoisotopic (exact) mass is 288 g/mol. The lowest BCUT2D eigenvalue weighted by Gasteiger charge is -2.22. The number of pyridine rings is 1. The third kappa shape index (κ3) is 4.38. The Balaban J connectivity index is 2.94. The third-order valence-corrected chi connectivity index (χ3v) is 2.24.